The van der Waals surface area contributed by atoms with Crippen molar-refractivity contribution in [2.45, 2.75) is 32.7 Å². The van der Waals surface area contributed by atoms with Crippen molar-refractivity contribution in [2.75, 3.05) is 26.1 Å². The number of fused-ring (bicyclic) bond motifs is 1. The van der Waals surface area contributed by atoms with Crippen LogP contribution < -0.4 is 14.8 Å². The molecule has 1 aromatic heterocycles. The quantitative estimate of drug-likeness (QED) is 0.781. The monoisotopic (exact) mass is 373 g/mol. The first kappa shape index (κ1) is 18.8. The maximum absolute atomic E-state index is 12.3. The van der Waals surface area contributed by atoms with Gasteiger partial charge in [-0.2, -0.15) is 5.10 Å². The Morgan fingerprint density at radius 3 is 2.70 bits per heavy atom. The number of esters is 1. The van der Waals surface area contributed by atoms with Gasteiger partial charge in [-0.25, -0.2) is 4.68 Å². The van der Waals surface area contributed by atoms with Crippen LogP contribution in [-0.4, -0.2) is 42.5 Å². The van der Waals surface area contributed by atoms with Crippen molar-refractivity contribution >= 4 is 17.7 Å². The Bertz CT molecular complexity index is 874. The lowest BCUT2D eigenvalue weighted by Crippen LogP contribution is -2.26. The zero-order chi connectivity index (χ0) is 19.6. The lowest BCUT2D eigenvalue weighted by Gasteiger charge is -2.25. The van der Waals surface area contributed by atoms with E-state index in [1.807, 2.05) is 25.1 Å². The fourth-order valence-electron chi connectivity index (χ4n) is 3.41. The molecule has 0 radical (unpaired) electrons. The van der Waals surface area contributed by atoms with Gasteiger partial charge < -0.3 is 19.5 Å². The molecule has 8 heteroatoms. The van der Waals surface area contributed by atoms with Crippen LogP contribution in [0.3, 0.4) is 0 Å². The molecule has 0 saturated heterocycles. The van der Waals surface area contributed by atoms with Crippen molar-refractivity contribution in [3.8, 4) is 11.5 Å². The number of carbonyl (C=O) groups is 2. The zero-order valence-electron chi connectivity index (χ0n) is 15.9. The molecule has 144 valence electrons. The Balaban J connectivity index is 2.02. The van der Waals surface area contributed by atoms with E-state index in [4.69, 9.17) is 14.2 Å². The SMILES string of the molecule is CCOC(=O)Cn1nc(C)c2c1NC(=O)CC2c1ccc(OC)c(OC)c1. The van der Waals surface area contributed by atoms with Gasteiger partial charge in [0.15, 0.2) is 11.5 Å². The molecule has 1 amide bonds. The van der Waals surface area contributed by atoms with Gasteiger partial charge in [-0.15, -0.1) is 0 Å². The number of aromatic nitrogens is 2. The number of amides is 1. The fourth-order valence-corrected chi connectivity index (χ4v) is 3.41. The summed E-state index contributed by atoms with van der Waals surface area (Å²) in [5, 5.41) is 7.29. The van der Waals surface area contributed by atoms with Crippen LogP contribution in [0.5, 0.6) is 11.5 Å². The van der Waals surface area contributed by atoms with Gasteiger partial charge in [-0.05, 0) is 31.5 Å². The molecule has 1 aliphatic heterocycles. The van der Waals surface area contributed by atoms with Crippen molar-refractivity contribution in [3.63, 3.8) is 0 Å². The molecule has 27 heavy (non-hydrogen) atoms. The van der Waals surface area contributed by atoms with Gasteiger partial charge in [-0.1, -0.05) is 6.07 Å². The van der Waals surface area contributed by atoms with Crippen molar-refractivity contribution in [3.05, 3.63) is 35.0 Å². The standard InChI is InChI=1S/C19H23N3O5/c1-5-27-17(24)10-22-19-18(11(2)21-22)13(9-16(23)20-19)12-6-7-14(25-3)15(8-12)26-4/h6-8,13H,5,9-10H2,1-4H3,(H,20,23). The molecule has 1 aromatic carbocycles. The Hall–Kier alpha value is -3.03. The second kappa shape index (κ2) is 7.69. The topological polar surface area (TPSA) is 91.7 Å². The molecule has 1 atom stereocenters. The lowest BCUT2D eigenvalue weighted by atomic mass is 9.85. The fraction of sp³-hybridized carbons (Fsp3) is 0.421. The third-order valence-electron chi connectivity index (χ3n) is 4.56. The van der Waals surface area contributed by atoms with Gasteiger partial charge in [0.1, 0.15) is 12.4 Å². The van der Waals surface area contributed by atoms with Crippen molar-refractivity contribution < 1.29 is 23.8 Å². The molecular weight excluding hydrogens is 350 g/mol. The number of carbonyl (C=O) groups excluding carboxylic acids is 2. The molecule has 0 fully saturated rings. The minimum Gasteiger partial charge on any atom is -0.493 e. The van der Waals surface area contributed by atoms with Crippen LogP contribution in [0.2, 0.25) is 0 Å². The summed E-state index contributed by atoms with van der Waals surface area (Å²) in [6.45, 7) is 3.85. The Kier molecular flexibility index (Phi) is 5.34. The van der Waals surface area contributed by atoms with E-state index in [2.05, 4.69) is 10.4 Å². The summed E-state index contributed by atoms with van der Waals surface area (Å²) in [7, 11) is 3.15. The first-order valence-corrected chi connectivity index (χ1v) is 8.73. The summed E-state index contributed by atoms with van der Waals surface area (Å²) in [6.07, 6.45) is 0.286. The maximum atomic E-state index is 12.3. The highest BCUT2D eigenvalue weighted by Crippen LogP contribution is 2.41. The first-order chi connectivity index (χ1) is 13.0. The van der Waals surface area contributed by atoms with Crippen LogP contribution in [0.25, 0.3) is 0 Å². The third kappa shape index (κ3) is 3.60. The van der Waals surface area contributed by atoms with Crippen LogP contribution in [0.15, 0.2) is 18.2 Å². The number of nitrogens with one attached hydrogen (secondary N) is 1. The van der Waals surface area contributed by atoms with Crippen LogP contribution in [0.1, 0.15) is 36.1 Å². The number of ether oxygens (including phenoxy) is 3. The minimum absolute atomic E-state index is 0.0526. The first-order valence-electron chi connectivity index (χ1n) is 8.73. The number of hydrogen-bond acceptors (Lipinski definition) is 6. The van der Waals surface area contributed by atoms with E-state index in [0.29, 0.717) is 23.9 Å². The van der Waals surface area contributed by atoms with Crippen LogP contribution in [0, 0.1) is 6.92 Å². The maximum Gasteiger partial charge on any atom is 0.327 e. The Morgan fingerprint density at radius 2 is 2.04 bits per heavy atom. The number of rotatable bonds is 6. The number of hydrogen-bond donors (Lipinski definition) is 1. The van der Waals surface area contributed by atoms with Gasteiger partial charge >= 0.3 is 5.97 Å². The van der Waals surface area contributed by atoms with Gasteiger partial charge in [0, 0.05) is 17.9 Å². The molecular formula is C19H23N3O5. The van der Waals surface area contributed by atoms with Gasteiger partial charge in [0.05, 0.1) is 26.5 Å². The number of anilines is 1. The average molecular weight is 373 g/mol. The zero-order valence-corrected chi connectivity index (χ0v) is 15.9. The highest BCUT2D eigenvalue weighted by Gasteiger charge is 2.33. The molecule has 0 bridgehead atoms. The summed E-state index contributed by atoms with van der Waals surface area (Å²) in [6, 6.07) is 5.60. The summed E-state index contributed by atoms with van der Waals surface area (Å²) >= 11 is 0. The smallest absolute Gasteiger partial charge is 0.327 e. The molecule has 0 aliphatic carbocycles. The summed E-state index contributed by atoms with van der Waals surface area (Å²) in [5.74, 6) is 1.04. The molecule has 0 spiro atoms. The number of methoxy groups -OCH3 is 2. The Morgan fingerprint density at radius 1 is 1.30 bits per heavy atom. The second-order valence-corrected chi connectivity index (χ2v) is 6.23. The molecule has 2 heterocycles. The molecule has 3 rings (SSSR count). The van der Waals surface area contributed by atoms with Gasteiger partial charge in [0.25, 0.3) is 0 Å². The van der Waals surface area contributed by atoms with Crippen LogP contribution >= 0.6 is 0 Å². The molecule has 8 nitrogen and oxygen atoms in total. The van der Waals surface area contributed by atoms with E-state index in [-0.39, 0.29) is 24.8 Å². The van der Waals surface area contributed by atoms with Gasteiger partial charge in [0.2, 0.25) is 5.91 Å². The highest BCUT2D eigenvalue weighted by atomic mass is 16.5. The van der Waals surface area contributed by atoms with Crippen molar-refractivity contribution in [1.82, 2.24) is 9.78 Å². The minimum atomic E-state index is -0.398. The van der Waals surface area contributed by atoms with E-state index < -0.39 is 5.97 Å². The largest absolute Gasteiger partial charge is 0.493 e. The van der Waals surface area contributed by atoms with E-state index >= 15 is 0 Å². The van der Waals surface area contributed by atoms with Gasteiger partial charge in [-0.3, -0.25) is 9.59 Å². The highest BCUT2D eigenvalue weighted by molar-refractivity contribution is 5.95. The molecule has 1 N–H and O–H groups in total. The summed E-state index contributed by atoms with van der Waals surface area (Å²) in [4.78, 5) is 24.2. The lowest BCUT2D eigenvalue weighted by molar-refractivity contribution is -0.144. The molecule has 2 aromatic rings. The van der Waals surface area contributed by atoms with E-state index in [1.54, 1.807) is 21.1 Å². The number of nitrogens with zero attached hydrogens (tertiary/aromatic N) is 2. The van der Waals surface area contributed by atoms with E-state index in [1.165, 1.54) is 4.68 Å². The van der Waals surface area contributed by atoms with Crippen molar-refractivity contribution in [1.29, 1.82) is 0 Å². The van der Waals surface area contributed by atoms with E-state index in [9.17, 15) is 9.59 Å². The summed E-state index contributed by atoms with van der Waals surface area (Å²) < 4.78 is 17.2. The third-order valence-corrected chi connectivity index (χ3v) is 4.56. The second-order valence-electron chi connectivity index (χ2n) is 6.23. The van der Waals surface area contributed by atoms with Crippen LogP contribution in [0.4, 0.5) is 5.82 Å². The number of aryl methyl sites for hydroxylation is 1. The normalized spacial score (nSPS) is 15.7. The average Bonchev–Trinajstić information content (AvgIpc) is 2.95. The van der Waals surface area contributed by atoms with E-state index in [0.717, 1.165) is 16.8 Å². The predicted molar refractivity (Wildman–Crippen MR) is 98.2 cm³/mol. The van der Waals surface area contributed by atoms with Crippen molar-refractivity contribution in [2.24, 2.45) is 0 Å². The molecule has 0 saturated carbocycles. The van der Waals surface area contributed by atoms with Crippen LogP contribution in [-0.2, 0) is 20.9 Å². The Labute approximate surface area is 157 Å². The summed E-state index contributed by atoms with van der Waals surface area (Å²) in [5.41, 5.74) is 2.57. The molecule has 1 aliphatic rings. The predicted octanol–water partition coefficient (Wildman–Crippen LogP) is 2.25. The molecule has 1 unspecified atom stereocenters. The number of benzene rings is 1.